The zero-order valence-electron chi connectivity index (χ0n) is 14.2. The molecular formula is C16H20ClN3O3S2. The van der Waals surface area contributed by atoms with Crippen LogP contribution in [0.1, 0.15) is 5.56 Å². The Morgan fingerprint density at radius 3 is 2.28 bits per heavy atom. The van der Waals surface area contributed by atoms with Gasteiger partial charge in [0.1, 0.15) is 4.21 Å². The fraction of sp³-hybridized carbons (Fsp3) is 0.312. The second-order valence-corrected chi connectivity index (χ2v) is 9.64. The van der Waals surface area contributed by atoms with Gasteiger partial charge < -0.3 is 10.2 Å². The Hall–Kier alpha value is -1.61. The first-order valence-corrected chi connectivity index (χ1v) is 10.1. The number of benzene rings is 1. The maximum absolute atomic E-state index is 12.3. The average molecular weight is 402 g/mol. The number of hydrogen-bond donors (Lipinski definition) is 1. The average Bonchev–Trinajstić information content (AvgIpc) is 3.00. The first-order valence-electron chi connectivity index (χ1n) is 7.45. The minimum absolute atomic E-state index is 0.118. The van der Waals surface area contributed by atoms with Crippen LogP contribution in [-0.4, -0.2) is 46.3 Å². The summed E-state index contributed by atoms with van der Waals surface area (Å²) in [6.07, 6.45) is 0. The molecule has 0 aliphatic carbocycles. The highest BCUT2D eigenvalue weighted by atomic mass is 35.5. The summed E-state index contributed by atoms with van der Waals surface area (Å²) in [6.45, 7) is 0.0822. The summed E-state index contributed by atoms with van der Waals surface area (Å²) < 4.78 is 26.2. The Balaban J connectivity index is 1.91. The number of nitrogens with one attached hydrogen (secondary N) is 1. The quantitative estimate of drug-likeness (QED) is 0.773. The third-order valence-corrected chi connectivity index (χ3v) is 7.02. The molecule has 0 saturated carbocycles. The lowest BCUT2D eigenvalue weighted by Crippen LogP contribution is -2.37. The van der Waals surface area contributed by atoms with Crippen molar-refractivity contribution < 1.29 is 13.2 Å². The topological polar surface area (TPSA) is 69.7 Å². The van der Waals surface area contributed by atoms with Crippen molar-refractivity contribution in [3.05, 3.63) is 46.3 Å². The summed E-state index contributed by atoms with van der Waals surface area (Å²) in [5.74, 6) is -0.370. The number of rotatable bonds is 7. The van der Waals surface area contributed by atoms with Crippen molar-refractivity contribution in [2.75, 3.05) is 32.6 Å². The second kappa shape index (κ2) is 8.18. The summed E-state index contributed by atoms with van der Waals surface area (Å²) in [4.78, 5) is 14.0. The number of carbonyl (C=O) groups is 1. The molecule has 9 heteroatoms. The Kier molecular flexibility index (Phi) is 6.45. The van der Waals surface area contributed by atoms with E-state index in [4.69, 9.17) is 11.6 Å². The molecule has 2 aromatic rings. The number of hydrogen-bond acceptors (Lipinski definition) is 5. The predicted octanol–water partition coefficient (Wildman–Crippen LogP) is 2.40. The molecule has 0 fully saturated rings. The van der Waals surface area contributed by atoms with Crippen molar-refractivity contribution in [3.63, 3.8) is 0 Å². The van der Waals surface area contributed by atoms with Gasteiger partial charge in [-0.1, -0.05) is 23.7 Å². The van der Waals surface area contributed by atoms with Gasteiger partial charge in [0.25, 0.3) is 10.0 Å². The Bertz CT molecular complexity index is 833. The number of anilines is 1. The van der Waals surface area contributed by atoms with Crippen LogP contribution in [0.3, 0.4) is 0 Å². The maximum Gasteiger partial charge on any atom is 0.252 e. The molecule has 136 valence electrons. The number of carbonyl (C=O) groups excluding carboxylic acids is 1. The van der Waals surface area contributed by atoms with E-state index in [9.17, 15) is 13.2 Å². The fourth-order valence-electron chi connectivity index (χ4n) is 2.05. The molecule has 25 heavy (non-hydrogen) atoms. The van der Waals surface area contributed by atoms with Gasteiger partial charge in [0.05, 0.1) is 10.9 Å². The van der Waals surface area contributed by atoms with Crippen molar-refractivity contribution in [3.8, 4) is 0 Å². The first kappa shape index (κ1) is 19.7. The normalized spacial score (nSPS) is 11.6. The van der Waals surface area contributed by atoms with E-state index in [1.165, 1.54) is 19.2 Å². The largest absolute Gasteiger partial charge is 0.378 e. The number of nitrogens with zero attached hydrogens (tertiary/aromatic N) is 2. The molecule has 0 radical (unpaired) electrons. The molecule has 0 bridgehead atoms. The van der Waals surface area contributed by atoms with E-state index in [0.717, 1.165) is 26.9 Å². The first-order chi connectivity index (χ1) is 11.7. The van der Waals surface area contributed by atoms with Crippen LogP contribution in [0, 0.1) is 0 Å². The van der Waals surface area contributed by atoms with Crippen LogP contribution < -0.4 is 10.2 Å². The summed E-state index contributed by atoms with van der Waals surface area (Å²) in [7, 11) is 1.56. The molecule has 0 unspecified atom stereocenters. The van der Waals surface area contributed by atoms with E-state index in [0.29, 0.717) is 10.9 Å². The van der Waals surface area contributed by atoms with Gasteiger partial charge in [0.15, 0.2) is 0 Å². The number of thiophene rings is 1. The lowest BCUT2D eigenvalue weighted by atomic mass is 10.2. The van der Waals surface area contributed by atoms with Crippen molar-refractivity contribution in [2.45, 2.75) is 10.8 Å². The van der Waals surface area contributed by atoms with E-state index in [1.807, 2.05) is 43.3 Å². The Morgan fingerprint density at radius 2 is 1.76 bits per heavy atom. The van der Waals surface area contributed by atoms with Gasteiger partial charge in [-0.2, -0.15) is 4.31 Å². The minimum atomic E-state index is -3.71. The molecular weight excluding hydrogens is 382 g/mol. The second-order valence-electron chi connectivity index (χ2n) is 5.66. The van der Waals surface area contributed by atoms with E-state index in [-0.39, 0.29) is 16.7 Å². The number of sulfonamides is 1. The number of likely N-dealkylation sites (N-methyl/N-ethyl adjacent to an activating group) is 1. The van der Waals surface area contributed by atoms with Gasteiger partial charge in [0.2, 0.25) is 5.91 Å². The molecule has 0 saturated heterocycles. The summed E-state index contributed by atoms with van der Waals surface area (Å²) in [6, 6.07) is 10.7. The van der Waals surface area contributed by atoms with Crippen LogP contribution in [0.25, 0.3) is 0 Å². The molecule has 1 aromatic carbocycles. The van der Waals surface area contributed by atoms with Crippen LogP contribution in [0.4, 0.5) is 5.69 Å². The van der Waals surface area contributed by atoms with Crippen LogP contribution >= 0.6 is 22.9 Å². The van der Waals surface area contributed by atoms with E-state index >= 15 is 0 Å². The van der Waals surface area contributed by atoms with Crippen LogP contribution in [0.2, 0.25) is 4.34 Å². The summed E-state index contributed by atoms with van der Waals surface area (Å²) >= 11 is 6.74. The van der Waals surface area contributed by atoms with Crippen molar-refractivity contribution in [1.82, 2.24) is 9.62 Å². The lowest BCUT2D eigenvalue weighted by Gasteiger charge is -2.16. The third-order valence-electron chi connectivity index (χ3n) is 3.52. The molecule has 6 nitrogen and oxygen atoms in total. The van der Waals surface area contributed by atoms with E-state index in [1.54, 1.807) is 0 Å². The van der Waals surface area contributed by atoms with Gasteiger partial charge >= 0.3 is 0 Å². The van der Waals surface area contributed by atoms with Gasteiger partial charge in [0, 0.05) is 33.4 Å². The van der Waals surface area contributed by atoms with Gasteiger partial charge in [-0.3, -0.25) is 4.79 Å². The predicted molar refractivity (Wildman–Crippen MR) is 102 cm³/mol. The number of halogens is 1. The molecule has 0 aliphatic rings. The van der Waals surface area contributed by atoms with Gasteiger partial charge in [-0.05, 0) is 29.8 Å². The zero-order chi connectivity index (χ0) is 18.6. The van der Waals surface area contributed by atoms with Crippen molar-refractivity contribution in [2.24, 2.45) is 0 Å². The van der Waals surface area contributed by atoms with Gasteiger partial charge in [-0.25, -0.2) is 8.42 Å². The summed E-state index contributed by atoms with van der Waals surface area (Å²) in [5, 5.41) is 2.73. The molecule has 1 N–H and O–H groups in total. The van der Waals surface area contributed by atoms with Crippen LogP contribution in [-0.2, 0) is 21.4 Å². The lowest BCUT2D eigenvalue weighted by molar-refractivity contribution is -0.121. The van der Waals surface area contributed by atoms with Gasteiger partial charge in [-0.15, -0.1) is 11.3 Å². The highest BCUT2D eigenvalue weighted by Crippen LogP contribution is 2.27. The highest BCUT2D eigenvalue weighted by molar-refractivity contribution is 7.91. The smallest absolute Gasteiger partial charge is 0.252 e. The number of amides is 1. The molecule has 1 amide bonds. The maximum atomic E-state index is 12.3. The molecule has 1 aromatic heterocycles. The monoisotopic (exact) mass is 401 g/mol. The molecule has 0 aliphatic heterocycles. The van der Waals surface area contributed by atoms with Crippen molar-refractivity contribution >= 4 is 44.6 Å². The van der Waals surface area contributed by atoms with Crippen molar-refractivity contribution in [1.29, 1.82) is 0 Å². The third kappa shape index (κ3) is 5.18. The molecule has 2 rings (SSSR count). The minimum Gasteiger partial charge on any atom is -0.378 e. The Labute approximate surface area is 157 Å². The molecule has 0 spiro atoms. The zero-order valence-corrected chi connectivity index (χ0v) is 16.6. The SMILES string of the molecule is CN(C)c1ccc(CNC(=O)CN(C)S(=O)(=O)c2ccc(Cl)s2)cc1. The summed E-state index contributed by atoms with van der Waals surface area (Å²) in [5.41, 5.74) is 2.00. The van der Waals surface area contributed by atoms with E-state index < -0.39 is 10.0 Å². The highest BCUT2D eigenvalue weighted by Gasteiger charge is 2.24. The molecule has 1 heterocycles. The van der Waals surface area contributed by atoms with Crippen LogP contribution in [0.5, 0.6) is 0 Å². The standard InChI is InChI=1S/C16H20ClN3O3S2/c1-19(2)13-6-4-12(5-7-13)10-18-15(21)11-20(3)25(22,23)16-9-8-14(17)24-16/h4-9H,10-11H2,1-3H3,(H,18,21). The van der Waals surface area contributed by atoms with E-state index in [2.05, 4.69) is 5.32 Å². The van der Waals surface area contributed by atoms with Crippen LogP contribution in [0.15, 0.2) is 40.6 Å². The fourth-order valence-corrected chi connectivity index (χ4v) is 4.87. The Morgan fingerprint density at radius 1 is 1.12 bits per heavy atom. The molecule has 0 atom stereocenters.